The number of amides is 2. The lowest BCUT2D eigenvalue weighted by Crippen LogP contribution is -2.57. The van der Waals surface area contributed by atoms with Gasteiger partial charge >= 0.3 is 12.0 Å². The van der Waals surface area contributed by atoms with Gasteiger partial charge in [-0.05, 0) is 38.5 Å². The summed E-state index contributed by atoms with van der Waals surface area (Å²) in [5.41, 5.74) is -0.119. The molecule has 0 aromatic rings. The normalized spacial score (nSPS) is 30.8. The number of likely N-dealkylation sites (tertiary alicyclic amines) is 1. The Kier molecular flexibility index (Phi) is 3.02. The lowest BCUT2D eigenvalue weighted by atomic mass is 9.79. The van der Waals surface area contributed by atoms with E-state index >= 15 is 0 Å². The number of nitrogens with zero attached hydrogens (tertiary/aromatic N) is 1. The van der Waals surface area contributed by atoms with Crippen molar-refractivity contribution in [3.8, 4) is 0 Å². The van der Waals surface area contributed by atoms with Crippen molar-refractivity contribution in [2.24, 2.45) is 5.92 Å². The molecular weight excluding hydrogens is 220 g/mol. The molecule has 0 aromatic heterocycles. The molecule has 1 saturated carbocycles. The van der Waals surface area contributed by atoms with Gasteiger partial charge in [-0.25, -0.2) is 9.59 Å². The van der Waals surface area contributed by atoms with Gasteiger partial charge in [0.1, 0.15) is 6.04 Å². The molecule has 2 amide bonds. The zero-order valence-corrected chi connectivity index (χ0v) is 10.4. The first-order valence-electron chi connectivity index (χ1n) is 6.24. The van der Waals surface area contributed by atoms with Crippen LogP contribution in [0, 0.1) is 5.92 Å². The summed E-state index contributed by atoms with van der Waals surface area (Å²) in [6.07, 6.45) is 3.87. The quantitative estimate of drug-likeness (QED) is 0.767. The van der Waals surface area contributed by atoms with Gasteiger partial charge in [0, 0.05) is 12.1 Å². The topological polar surface area (TPSA) is 69.6 Å². The molecule has 1 aliphatic heterocycles. The Morgan fingerprint density at radius 2 is 2.06 bits per heavy atom. The lowest BCUT2D eigenvalue weighted by Gasteiger charge is -2.40. The summed E-state index contributed by atoms with van der Waals surface area (Å²) in [6, 6.07) is -0.886. The summed E-state index contributed by atoms with van der Waals surface area (Å²) in [7, 11) is 0. The maximum Gasteiger partial charge on any atom is 0.326 e. The van der Waals surface area contributed by atoms with Crippen LogP contribution in [0.15, 0.2) is 0 Å². The third-order valence-corrected chi connectivity index (χ3v) is 4.08. The highest BCUT2D eigenvalue weighted by molar-refractivity contribution is 5.84. The van der Waals surface area contributed by atoms with Crippen LogP contribution in [0.1, 0.15) is 39.5 Å². The molecular formula is C12H20N2O3. The second-order valence-electron chi connectivity index (χ2n) is 5.59. The Balaban J connectivity index is 2.01. The highest BCUT2D eigenvalue weighted by Gasteiger charge is 2.42. The number of urea groups is 1. The van der Waals surface area contributed by atoms with Crippen LogP contribution in [0.2, 0.25) is 0 Å². The number of hydrogen-bond donors (Lipinski definition) is 2. The lowest BCUT2D eigenvalue weighted by molar-refractivity contribution is -0.142. The molecule has 1 saturated heterocycles. The Morgan fingerprint density at radius 1 is 1.41 bits per heavy atom. The van der Waals surface area contributed by atoms with Crippen molar-refractivity contribution in [2.75, 3.05) is 6.54 Å². The maximum absolute atomic E-state index is 12.1. The van der Waals surface area contributed by atoms with Crippen LogP contribution in [-0.4, -0.2) is 40.1 Å². The first-order chi connectivity index (χ1) is 7.93. The van der Waals surface area contributed by atoms with Crippen molar-refractivity contribution >= 4 is 12.0 Å². The summed E-state index contributed by atoms with van der Waals surface area (Å²) in [4.78, 5) is 24.7. The molecule has 2 aliphatic rings. The molecule has 0 bridgehead atoms. The summed E-state index contributed by atoms with van der Waals surface area (Å²) in [6.45, 7) is 4.45. The number of carbonyl (C=O) groups is 2. The molecule has 0 radical (unpaired) electrons. The summed E-state index contributed by atoms with van der Waals surface area (Å²) >= 11 is 0. The van der Waals surface area contributed by atoms with Gasteiger partial charge in [0.15, 0.2) is 0 Å². The van der Waals surface area contributed by atoms with Gasteiger partial charge in [-0.2, -0.15) is 0 Å². The number of hydrogen-bond acceptors (Lipinski definition) is 2. The molecule has 2 fully saturated rings. The van der Waals surface area contributed by atoms with E-state index in [2.05, 4.69) is 5.32 Å². The highest BCUT2D eigenvalue weighted by atomic mass is 16.4. The average Bonchev–Trinajstić information content (AvgIpc) is 2.57. The van der Waals surface area contributed by atoms with Crippen molar-refractivity contribution < 1.29 is 14.7 Å². The fraction of sp³-hybridized carbons (Fsp3) is 0.833. The second-order valence-corrected chi connectivity index (χ2v) is 5.59. The predicted molar refractivity (Wildman–Crippen MR) is 62.7 cm³/mol. The molecule has 5 nitrogen and oxygen atoms in total. The molecule has 2 N–H and O–H groups in total. The van der Waals surface area contributed by atoms with Crippen molar-refractivity contribution in [3.63, 3.8) is 0 Å². The molecule has 17 heavy (non-hydrogen) atoms. The van der Waals surface area contributed by atoms with E-state index in [1.54, 1.807) is 0 Å². The van der Waals surface area contributed by atoms with Crippen molar-refractivity contribution in [3.05, 3.63) is 0 Å². The number of rotatable bonds is 2. The van der Waals surface area contributed by atoms with Crippen LogP contribution >= 0.6 is 0 Å². The number of nitrogens with one attached hydrogen (secondary N) is 1. The maximum atomic E-state index is 12.1. The monoisotopic (exact) mass is 240 g/mol. The van der Waals surface area contributed by atoms with E-state index < -0.39 is 12.0 Å². The highest BCUT2D eigenvalue weighted by Crippen LogP contribution is 2.32. The molecule has 96 valence electrons. The van der Waals surface area contributed by atoms with Gasteiger partial charge in [-0.1, -0.05) is 6.92 Å². The fourth-order valence-corrected chi connectivity index (χ4v) is 2.71. The fourth-order valence-electron chi connectivity index (χ4n) is 2.71. The van der Waals surface area contributed by atoms with E-state index in [9.17, 15) is 9.59 Å². The van der Waals surface area contributed by atoms with Crippen LogP contribution in [-0.2, 0) is 4.79 Å². The SMILES string of the molecule is CC1CCN(C(=O)NC2(C)CCC2)C1C(=O)O. The molecule has 0 aromatic carbocycles. The third-order valence-electron chi connectivity index (χ3n) is 4.08. The van der Waals surface area contributed by atoms with E-state index in [0.717, 1.165) is 25.7 Å². The van der Waals surface area contributed by atoms with Crippen LogP contribution in [0.25, 0.3) is 0 Å². The molecule has 2 atom stereocenters. The standard InChI is InChI=1S/C12H20N2O3/c1-8-4-7-14(9(8)10(15)16)11(17)13-12(2)5-3-6-12/h8-9H,3-7H2,1-2H3,(H,13,17)(H,15,16). The minimum atomic E-state index is -0.899. The Hall–Kier alpha value is -1.26. The Bertz CT molecular complexity index is 339. The average molecular weight is 240 g/mol. The van der Waals surface area contributed by atoms with Crippen LogP contribution in [0.3, 0.4) is 0 Å². The van der Waals surface area contributed by atoms with Gasteiger partial charge in [0.2, 0.25) is 0 Å². The minimum absolute atomic E-state index is 0.0347. The Morgan fingerprint density at radius 3 is 2.53 bits per heavy atom. The minimum Gasteiger partial charge on any atom is -0.480 e. The van der Waals surface area contributed by atoms with Crippen LogP contribution in [0.5, 0.6) is 0 Å². The summed E-state index contributed by atoms with van der Waals surface area (Å²) in [5.74, 6) is -0.864. The van der Waals surface area contributed by atoms with E-state index in [1.807, 2.05) is 13.8 Å². The largest absolute Gasteiger partial charge is 0.480 e. The molecule has 5 heteroatoms. The van der Waals surface area contributed by atoms with Crippen LogP contribution in [0.4, 0.5) is 4.79 Å². The molecule has 0 spiro atoms. The molecule has 2 rings (SSSR count). The van der Waals surface area contributed by atoms with Gasteiger partial charge in [-0.3, -0.25) is 0 Å². The smallest absolute Gasteiger partial charge is 0.326 e. The van der Waals surface area contributed by atoms with Crippen LogP contribution < -0.4 is 5.32 Å². The van der Waals surface area contributed by atoms with Gasteiger partial charge in [0.25, 0.3) is 0 Å². The first-order valence-corrected chi connectivity index (χ1v) is 6.24. The van der Waals surface area contributed by atoms with Gasteiger partial charge in [-0.15, -0.1) is 0 Å². The van der Waals surface area contributed by atoms with Gasteiger partial charge < -0.3 is 15.3 Å². The molecule has 1 aliphatic carbocycles. The number of carboxylic acids is 1. The van der Waals surface area contributed by atoms with Crippen molar-refractivity contribution in [2.45, 2.75) is 51.1 Å². The number of carboxylic acid groups (broad SMARTS) is 1. The number of aliphatic carboxylic acids is 1. The molecule has 2 unspecified atom stereocenters. The second kappa shape index (κ2) is 4.20. The predicted octanol–water partition coefficient (Wildman–Crippen LogP) is 1.43. The molecule has 1 heterocycles. The van der Waals surface area contributed by atoms with Crippen molar-refractivity contribution in [1.29, 1.82) is 0 Å². The van der Waals surface area contributed by atoms with E-state index in [4.69, 9.17) is 5.11 Å². The summed E-state index contributed by atoms with van der Waals surface area (Å²) in [5, 5.41) is 12.1. The third kappa shape index (κ3) is 2.23. The van der Waals surface area contributed by atoms with Crippen molar-refractivity contribution in [1.82, 2.24) is 10.2 Å². The Labute approximate surface area is 101 Å². The first kappa shape index (κ1) is 12.2. The van der Waals surface area contributed by atoms with E-state index in [1.165, 1.54) is 4.90 Å². The zero-order chi connectivity index (χ0) is 12.6. The van der Waals surface area contributed by atoms with E-state index in [0.29, 0.717) is 6.54 Å². The number of carbonyl (C=O) groups excluding carboxylic acids is 1. The zero-order valence-electron chi connectivity index (χ0n) is 10.4. The van der Waals surface area contributed by atoms with Gasteiger partial charge in [0.05, 0.1) is 0 Å². The summed E-state index contributed by atoms with van der Waals surface area (Å²) < 4.78 is 0. The van der Waals surface area contributed by atoms with E-state index in [-0.39, 0.29) is 17.5 Å².